The van der Waals surface area contributed by atoms with Crippen LogP contribution in [0.5, 0.6) is 0 Å². The quantitative estimate of drug-likeness (QED) is 0.279. The lowest BCUT2D eigenvalue weighted by Crippen LogP contribution is -2.73. The number of β-lactam (4-membered cyclic amide) rings is 1. The molecule has 0 radical (unpaired) electrons. The number of allylic oxidation sites excluding steroid dienone is 1. The van der Waals surface area contributed by atoms with Crippen LogP contribution in [0, 0.1) is 0 Å². The third-order valence-electron chi connectivity index (χ3n) is 4.47. The number of nitrogens with one attached hydrogen (secondary N) is 1. The molecule has 0 aromatic heterocycles. The predicted octanol–water partition coefficient (Wildman–Crippen LogP) is 1.08. The van der Waals surface area contributed by atoms with E-state index in [0.29, 0.717) is 16.4 Å². The summed E-state index contributed by atoms with van der Waals surface area (Å²) >= 11 is 0. The molecule has 1 N–H and O–H groups in total. The molecule has 0 aliphatic carbocycles. The largest absolute Gasteiger partial charge is 0.467 e. The van der Waals surface area contributed by atoms with E-state index in [1.54, 1.807) is 44.2 Å². The van der Waals surface area contributed by atoms with Crippen molar-refractivity contribution in [3.63, 3.8) is 0 Å². The van der Waals surface area contributed by atoms with Gasteiger partial charge in [0.25, 0.3) is 0 Å². The van der Waals surface area contributed by atoms with Gasteiger partial charge in [-0.2, -0.15) is 0 Å². The normalized spacial score (nSPS) is 20.6. The number of esters is 1. The summed E-state index contributed by atoms with van der Waals surface area (Å²) in [6.07, 6.45) is 2.71. The molecule has 1 aromatic carbocycles. The maximum absolute atomic E-state index is 12.8. The monoisotopic (exact) mass is 440 g/mol. The van der Waals surface area contributed by atoms with Gasteiger partial charge in [0.2, 0.25) is 20.7 Å². The van der Waals surface area contributed by atoms with E-state index in [0.717, 1.165) is 16.7 Å². The van der Waals surface area contributed by atoms with E-state index < -0.39 is 44.1 Å². The Kier molecular flexibility index (Phi) is 7.48. The smallest absolute Gasteiger partial charge is 0.332 e. The van der Waals surface area contributed by atoms with E-state index in [4.69, 9.17) is 4.74 Å². The molecule has 10 heteroatoms. The molecule has 3 atom stereocenters. The fourth-order valence-electron chi connectivity index (χ4n) is 2.97. The second kappa shape index (κ2) is 9.45. The van der Waals surface area contributed by atoms with Crippen molar-refractivity contribution in [2.45, 2.75) is 37.7 Å². The zero-order chi connectivity index (χ0) is 21.8. The maximum Gasteiger partial charge on any atom is 0.332 e. The second-order valence-corrected chi connectivity index (χ2v) is 11.1. The Labute approximate surface area is 174 Å². The predicted molar refractivity (Wildman–Crippen MR) is 110 cm³/mol. The lowest BCUT2D eigenvalue weighted by Gasteiger charge is -2.49. The Hall–Kier alpha value is -2.33. The lowest BCUT2D eigenvalue weighted by atomic mass is 9.98. The van der Waals surface area contributed by atoms with E-state index in [9.17, 15) is 22.8 Å². The Bertz CT molecular complexity index is 914. The number of carbonyl (C=O) groups is 3. The van der Waals surface area contributed by atoms with Gasteiger partial charge in [-0.1, -0.05) is 36.4 Å². The minimum Gasteiger partial charge on any atom is -0.467 e. The highest BCUT2D eigenvalue weighted by Crippen LogP contribution is 2.37. The van der Waals surface area contributed by atoms with Crippen LogP contribution in [-0.2, 0) is 34.4 Å². The molecule has 0 spiro atoms. The van der Waals surface area contributed by atoms with E-state index in [1.165, 1.54) is 7.11 Å². The highest BCUT2D eigenvalue weighted by Gasteiger charge is 2.55. The lowest BCUT2D eigenvalue weighted by molar-refractivity contribution is -0.161. The third-order valence-corrected chi connectivity index (χ3v) is 7.15. The Morgan fingerprint density at radius 2 is 1.93 bits per heavy atom. The minimum atomic E-state index is -3.57. The van der Waals surface area contributed by atoms with Crippen molar-refractivity contribution < 1.29 is 27.5 Å². The number of carbonyl (C=O) groups excluding carboxylic acids is 3. The van der Waals surface area contributed by atoms with Gasteiger partial charge in [0.1, 0.15) is 11.4 Å². The fourth-order valence-corrected chi connectivity index (χ4v) is 5.63. The molecular formula is C19H24N2O6S2. The maximum atomic E-state index is 12.8. The first-order valence-corrected chi connectivity index (χ1v) is 12.1. The summed E-state index contributed by atoms with van der Waals surface area (Å²) in [5.41, 5.74) is 1.30. The van der Waals surface area contributed by atoms with Crippen LogP contribution in [0.3, 0.4) is 0 Å². The summed E-state index contributed by atoms with van der Waals surface area (Å²) < 4.78 is 28.6. The molecule has 1 aliphatic heterocycles. The van der Waals surface area contributed by atoms with Gasteiger partial charge in [-0.25, -0.2) is 13.2 Å². The third kappa shape index (κ3) is 5.60. The number of methoxy groups -OCH3 is 1. The molecule has 3 unspecified atom stereocenters. The summed E-state index contributed by atoms with van der Waals surface area (Å²) in [7, 11) is -1.85. The SMILES string of the molecule is CC=C(C)C(C(=O)OC)N1C(=O)C(NC(=O)Cc2ccccc2)C1SS(C)(=O)=O. The van der Waals surface area contributed by atoms with Crippen molar-refractivity contribution in [1.82, 2.24) is 10.2 Å². The van der Waals surface area contributed by atoms with Gasteiger partial charge in [-0.05, 0) is 35.8 Å². The van der Waals surface area contributed by atoms with Crippen LogP contribution in [0.1, 0.15) is 19.4 Å². The van der Waals surface area contributed by atoms with Crippen LogP contribution in [0.4, 0.5) is 0 Å². The standard InChI is InChI=1S/C19H24N2O6S2/c1-5-12(2)16(19(24)27-3)21-17(23)15(18(21)28-29(4,25)26)20-14(22)11-13-9-7-6-8-10-13/h5-10,15-16,18H,11H2,1-4H3,(H,20,22). The summed E-state index contributed by atoms with van der Waals surface area (Å²) in [5, 5.41) is 1.65. The highest BCUT2D eigenvalue weighted by atomic mass is 33.1. The summed E-state index contributed by atoms with van der Waals surface area (Å²) in [6.45, 7) is 3.35. The Morgan fingerprint density at radius 3 is 2.45 bits per heavy atom. The average molecular weight is 441 g/mol. The number of likely N-dealkylation sites (tertiary alicyclic amines) is 1. The topological polar surface area (TPSA) is 110 Å². The molecule has 1 saturated heterocycles. The number of hydrogen-bond acceptors (Lipinski definition) is 7. The molecular weight excluding hydrogens is 416 g/mol. The molecule has 1 fully saturated rings. The molecule has 158 valence electrons. The first-order chi connectivity index (χ1) is 13.6. The molecule has 29 heavy (non-hydrogen) atoms. The molecule has 8 nitrogen and oxygen atoms in total. The molecule has 0 saturated carbocycles. The Balaban J connectivity index is 2.25. The van der Waals surface area contributed by atoms with Gasteiger partial charge < -0.3 is 15.0 Å². The number of nitrogens with zero attached hydrogens (tertiary/aromatic N) is 1. The van der Waals surface area contributed by atoms with Crippen molar-refractivity contribution in [1.29, 1.82) is 0 Å². The summed E-state index contributed by atoms with van der Waals surface area (Å²) in [5.74, 6) is -1.63. The van der Waals surface area contributed by atoms with Crippen LogP contribution in [0.15, 0.2) is 42.0 Å². The molecule has 1 aromatic rings. The molecule has 1 heterocycles. The number of rotatable bonds is 8. The molecule has 2 rings (SSSR count). The molecule has 1 aliphatic rings. The summed E-state index contributed by atoms with van der Waals surface area (Å²) in [4.78, 5) is 38.6. The van der Waals surface area contributed by atoms with Gasteiger partial charge in [-0.15, -0.1) is 0 Å². The van der Waals surface area contributed by atoms with Gasteiger partial charge in [0.05, 0.1) is 13.5 Å². The zero-order valence-corrected chi connectivity index (χ0v) is 18.2. The van der Waals surface area contributed by atoms with Gasteiger partial charge in [0, 0.05) is 6.26 Å². The summed E-state index contributed by atoms with van der Waals surface area (Å²) in [6, 6.07) is 6.86. The van der Waals surface area contributed by atoms with Crippen molar-refractivity contribution >= 4 is 37.4 Å². The number of benzene rings is 1. The van der Waals surface area contributed by atoms with E-state index >= 15 is 0 Å². The fraction of sp³-hybridized carbons (Fsp3) is 0.421. The Morgan fingerprint density at radius 1 is 1.31 bits per heavy atom. The van der Waals surface area contributed by atoms with Gasteiger partial charge in [-0.3, -0.25) is 9.59 Å². The average Bonchev–Trinajstić information content (AvgIpc) is 2.68. The minimum absolute atomic E-state index is 0.0508. The van der Waals surface area contributed by atoms with Crippen LogP contribution < -0.4 is 5.32 Å². The number of hydrogen-bond donors (Lipinski definition) is 1. The first-order valence-electron chi connectivity index (χ1n) is 8.83. The van der Waals surface area contributed by atoms with Crippen molar-refractivity contribution in [3.05, 3.63) is 47.5 Å². The number of amides is 2. The van der Waals surface area contributed by atoms with Gasteiger partial charge in [0.15, 0.2) is 6.04 Å². The molecule has 0 bridgehead atoms. The van der Waals surface area contributed by atoms with E-state index in [-0.39, 0.29) is 6.42 Å². The zero-order valence-electron chi connectivity index (χ0n) is 16.6. The second-order valence-electron chi connectivity index (χ2n) is 6.60. The number of ether oxygens (including phenoxy) is 1. The highest BCUT2D eigenvalue weighted by molar-refractivity contribution is 8.72. The van der Waals surface area contributed by atoms with Crippen molar-refractivity contribution in [3.8, 4) is 0 Å². The van der Waals surface area contributed by atoms with Crippen LogP contribution >= 0.6 is 10.8 Å². The molecule has 2 amide bonds. The van der Waals surface area contributed by atoms with Crippen LogP contribution in [0.25, 0.3) is 0 Å². The van der Waals surface area contributed by atoms with E-state index in [1.807, 2.05) is 6.07 Å². The van der Waals surface area contributed by atoms with Crippen molar-refractivity contribution in [2.24, 2.45) is 0 Å². The first kappa shape index (κ1) is 23.0. The van der Waals surface area contributed by atoms with Crippen LogP contribution in [0.2, 0.25) is 0 Å². The van der Waals surface area contributed by atoms with Crippen molar-refractivity contribution in [2.75, 3.05) is 13.4 Å². The van der Waals surface area contributed by atoms with E-state index in [2.05, 4.69) is 5.32 Å². The van der Waals surface area contributed by atoms with Gasteiger partial charge >= 0.3 is 5.97 Å². The van der Waals surface area contributed by atoms with Crippen LogP contribution in [-0.4, -0.2) is 61.9 Å².